The van der Waals surface area contributed by atoms with Crippen LogP contribution in [0.3, 0.4) is 0 Å². The molecule has 0 saturated carbocycles. The highest BCUT2D eigenvalue weighted by atomic mass is 16.5. The van der Waals surface area contributed by atoms with Gasteiger partial charge in [-0.15, -0.1) is 0 Å². The van der Waals surface area contributed by atoms with Gasteiger partial charge in [0, 0.05) is 18.9 Å². The Bertz CT molecular complexity index is 103. The molecule has 1 rings (SSSR count). The van der Waals surface area contributed by atoms with Crippen LogP contribution in [0.1, 0.15) is 19.8 Å². The van der Waals surface area contributed by atoms with Gasteiger partial charge in [-0.05, 0) is 6.42 Å². The molecule has 0 N–H and O–H groups in total. The summed E-state index contributed by atoms with van der Waals surface area (Å²) in [5.74, 6) is 0.572. The zero-order valence-electron chi connectivity index (χ0n) is 5.72. The van der Waals surface area contributed by atoms with E-state index in [1.165, 1.54) is 0 Å². The Kier molecular flexibility index (Phi) is 2.22. The molecule has 52 valence electrons. The van der Waals surface area contributed by atoms with Gasteiger partial charge in [0.25, 0.3) is 0 Å². The van der Waals surface area contributed by atoms with Crippen LogP contribution < -0.4 is 0 Å². The van der Waals surface area contributed by atoms with Crippen molar-refractivity contribution in [2.45, 2.75) is 19.8 Å². The fraction of sp³-hybridized carbons (Fsp3) is 0.857. The van der Waals surface area contributed by atoms with Gasteiger partial charge in [-0.3, -0.25) is 4.79 Å². The van der Waals surface area contributed by atoms with E-state index in [0.717, 1.165) is 13.0 Å². The molecule has 9 heavy (non-hydrogen) atoms. The van der Waals surface area contributed by atoms with Crippen LogP contribution in [-0.4, -0.2) is 19.0 Å². The number of hydrogen-bond acceptors (Lipinski definition) is 2. The Balaban J connectivity index is 2.32. The maximum Gasteiger partial charge on any atom is 0.138 e. The van der Waals surface area contributed by atoms with Crippen LogP contribution in [0.15, 0.2) is 0 Å². The standard InChI is InChI=1S/C7H12O2/c1-2-7(8)6-3-4-9-5-6/h6H,2-5H2,1H3. The van der Waals surface area contributed by atoms with Crippen molar-refractivity contribution in [2.75, 3.05) is 13.2 Å². The molecule has 0 aromatic carbocycles. The van der Waals surface area contributed by atoms with Gasteiger partial charge in [0.1, 0.15) is 5.78 Å². The number of Topliss-reactive ketones (excluding diaryl/α,β-unsaturated/α-hetero) is 1. The highest BCUT2D eigenvalue weighted by Crippen LogP contribution is 2.14. The number of carbonyl (C=O) groups is 1. The zero-order chi connectivity index (χ0) is 6.69. The smallest absolute Gasteiger partial charge is 0.138 e. The van der Waals surface area contributed by atoms with Gasteiger partial charge >= 0.3 is 0 Å². The summed E-state index contributed by atoms with van der Waals surface area (Å²) >= 11 is 0. The summed E-state index contributed by atoms with van der Waals surface area (Å²) < 4.78 is 5.06. The Morgan fingerprint density at radius 1 is 1.78 bits per heavy atom. The van der Waals surface area contributed by atoms with Crippen LogP contribution in [0, 0.1) is 5.92 Å². The molecule has 1 atom stereocenters. The van der Waals surface area contributed by atoms with E-state index in [4.69, 9.17) is 4.74 Å². The monoisotopic (exact) mass is 128 g/mol. The Morgan fingerprint density at radius 2 is 2.56 bits per heavy atom. The molecule has 0 radical (unpaired) electrons. The molecule has 1 unspecified atom stereocenters. The number of carbonyl (C=O) groups excluding carboxylic acids is 1. The molecule has 2 heteroatoms. The van der Waals surface area contributed by atoms with E-state index in [2.05, 4.69) is 0 Å². The lowest BCUT2D eigenvalue weighted by Crippen LogP contribution is -2.12. The van der Waals surface area contributed by atoms with Gasteiger partial charge in [0.05, 0.1) is 6.61 Å². The summed E-state index contributed by atoms with van der Waals surface area (Å²) in [5, 5.41) is 0. The van der Waals surface area contributed by atoms with E-state index in [1.807, 2.05) is 6.92 Å². The quantitative estimate of drug-likeness (QED) is 0.554. The second-order valence-corrected chi connectivity index (χ2v) is 2.38. The predicted octanol–water partition coefficient (Wildman–Crippen LogP) is 1.00. The second kappa shape index (κ2) is 2.97. The molecule has 1 aliphatic heterocycles. The molecular weight excluding hydrogens is 116 g/mol. The molecule has 1 heterocycles. The molecule has 0 spiro atoms. The van der Waals surface area contributed by atoms with Crippen molar-refractivity contribution in [1.29, 1.82) is 0 Å². The Morgan fingerprint density at radius 3 is 3.00 bits per heavy atom. The maximum atomic E-state index is 10.9. The molecule has 2 nitrogen and oxygen atoms in total. The highest BCUT2D eigenvalue weighted by Gasteiger charge is 2.21. The maximum absolute atomic E-state index is 10.9. The van der Waals surface area contributed by atoms with Gasteiger partial charge in [-0.1, -0.05) is 6.92 Å². The molecular formula is C7H12O2. The van der Waals surface area contributed by atoms with E-state index < -0.39 is 0 Å². The van der Waals surface area contributed by atoms with Crippen molar-refractivity contribution >= 4 is 5.78 Å². The summed E-state index contributed by atoms with van der Waals surface area (Å²) in [6, 6.07) is 0. The summed E-state index contributed by atoms with van der Waals surface area (Å²) in [6.07, 6.45) is 1.60. The number of hydrogen-bond donors (Lipinski definition) is 0. The van der Waals surface area contributed by atoms with E-state index in [-0.39, 0.29) is 5.92 Å². The normalized spacial score (nSPS) is 26.6. The van der Waals surface area contributed by atoms with Crippen LogP contribution in [0.2, 0.25) is 0 Å². The van der Waals surface area contributed by atoms with Crippen molar-refractivity contribution in [3.8, 4) is 0 Å². The number of rotatable bonds is 2. The molecule has 0 aromatic heterocycles. The van der Waals surface area contributed by atoms with Gasteiger partial charge in [-0.25, -0.2) is 0 Å². The molecule has 0 aromatic rings. The fourth-order valence-electron chi connectivity index (χ4n) is 1.08. The Hall–Kier alpha value is -0.370. The first-order valence-electron chi connectivity index (χ1n) is 3.45. The van der Waals surface area contributed by atoms with E-state index in [9.17, 15) is 4.79 Å². The Labute approximate surface area is 55.2 Å². The zero-order valence-corrected chi connectivity index (χ0v) is 5.72. The number of ether oxygens (including phenoxy) is 1. The SMILES string of the molecule is CCC(=O)C1CCOC1. The molecule has 0 bridgehead atoms. The van der Waals surface area contributed by atoms with Crippen molar-refractivity contribution < 1.29 is 9.53 Å². The largest absolute Gasteiger partial charge is 0.381 e. The summed E-state index contributed by atoms with van der Waals surface area (Å²) in [4.78, 5) is 10.9. The third-order valence-electron chi connectivity index (χ3n) is 1.73. The van der Waals surface area contributed by atoms with Gasteiger partial charge in [0.2, 0.25) is 0 Å². The van der Waals surface area contributed by atoms with E-state index in [0.29, 0.717) is 18.8 Å². The van der Waals surface area contributed by atoms with Gasteiger partial charge in [-0.2, -0.15) is 0 Å². The lowest BCUT2D eigenvalue weighted by Gasteiger charge is -2.00. The third kappa shape index (κ3) is 1.52. The van der Waals surface area contributed by atoms with E-state index in [1.54, 1.807) is 0 Å². The fourth-order valence-corrected chi connectivity index (χ4v) is 1.08. The molecule has 0 aliphatic carbocycles. The molecule has 1 fully saturated rings. The van der Waals surface area contributed by atoms with Gasteiger partial charge in [0.15, 0.2) is 0 Å². The van der Waals surface area contributed by atoms with Gasteiger partial charge < -0.3 is 4.74 Å². The van der Waals surface area contributed by atoms with Crippen LogP contribution in [0.5, 0.6) is 0 Å². The summed E-state index contributed by atoms with van der Waals surface area (Å²) in [7, 11) is 0. The molecule has 0 amide bonds. The van der Waals surface area contributed by atoms with Crippen molar-refractivity contribution in [3.63, 3.8) is 0 Å². The number of ketones is 1. The summed E-state index contributed by atoms with van der Waals surface area (Å²) in [5.41, 5.74) is 0. The van der Waals surface area contributed by atoms with E-state index >= 15 is 0 Å². The molecule has 1 saturated heterocycles. The van der Waals surface area contributed by atoms with Crippen molar-refractivity contribution in [3.05, 3.63) is 0 Å². The van der Waals surface area contributed by atoms with Crippen LogP contribution in [0.4, 0.5) is 0 Å². The summed E-state index contributed by atoms with van der Waals surface area (Å²) in [6.45, 7) is 3.34. The average molecular weight is 128 g/mol. The first kappa shape index (κ1) is 6.75. The lowest BCUT2D eigenvalue weighted by molar-refractivity contribution is -0.122. The minimum atomic E-state index is 0.218. The van der Waals surface area contributed by atoms with Crippen molar-refractivity contribution in [1.82, 2.24) is 0 Å². The minimum Gasteiger partial charge on any atom is -0.381 e. The molecule has 1 aliphatic rings. The van der Waals surface area contributed by atoms with Crippen LogP contribution in [0.25, 0.3) is 0 Å². The lowest BCUT2D eigenvalue weighted by atomic mass is 10.0. The van der Waals surface area contributed by atoms with Crippen LogP contribution in [-0.2, 0) is 9.53 Å². The minimum absolute atomic E-state index is 0.218. The highest BCUT2D eigenvalue weighted by molar-refractivity contribution is 5.80. The first-order chi connectivity index (χ1) is 4.34. The topological polar surface area (TPSA) is 26.3 Å². The third-order valence-corrected chi connectivity index (χ3v) is 1.73. The van der Waals surface area contributed by atoms with Crippen LogP contribution >= 0.6 is 0 Å². The average Bonchev–Trinajstić information content (AvgIpc) is 2.37. The predicted molar refractivity (Wildman–Crippen MR) is 34.2 cm³/mol. The second-order valence-electron chi connectivity index (χ2n) is 2.38. The van der Waals surface area contributed by atoms with Crippen molar-refractivity contribution in [2.24, 2.45) is 5.92 Å². The first-order valence-corrected chi connectivity index (χ1v) is 3.45.